The molecule has 1 aliphatic heterocycles. The van der Waals surface area contributed by atoms with E-state index in [4.69, 9.17) is 4.74 Å². The first-order valence-electron chi connectivity index (χ1n) is 4.76. The Morgan fingerprint density at radius 1 is 1.27 bits per heavy atom. The summed E-state index contributed by atoms with van der Waals surface area (Å²) >= 11 is 0. The van der Waals surface area contributed by atoms with Gasteiger partial charge in [-0.15, -0.1) is 0 Å². The lowest BCUT2D eigenvalue weighted by molar-refractivity contribution is -0.113. The molecule has 2 fully saturated rings. The van der Waals surface area contributed by atoms with Gasteiger partial charge in [-0.3, -0.25) is 0 Å². The van der Waals surface area contributed by atoms with E-state index in [2.05, 4.69) is 13.8 Å². The van der Waals surface area contributed by atoms with Gasteiger partial charge in [0.25, 0.3) is 0 Å². The van der Waals surface area contributed by atoms with Gasteiger partial charge in [0.05, 0.1) is 13.2 Å². The second-order valence-electron chi connectivity index (χ2n) is 4.83. The molecule has 0 amide bonds. The zero-order valence-electron chi connectivity index (χ0n) is 7.65. The average molecular weight is 154 g/mol. The van der Waals surface area contributed by atoms with E-state index in [1.54, 1.807) is 0 Å². The lowest BCUT2D eigenvalue weighted by atomic mass is 9.78. The molecule has 11 heavy (non-hydrogen) atoms. The molecule has 2 rings (SSSR count). The van der Waals surface area contributed by atoms with Crippen LogP contribution in [0.4, 0.5) is 0 Å². The summed E-state index contributed by atoms with van der Waals surface area (Å²) in [5.41, 5.74) is 1.27. The molecule has 1 saturated heterocycles. The van der Waals surface area contributed by atoms with Gasteiger partial charge in [-0.25, -0.2) is 0 Å². The van der Waals surface area contributed by atoms with Crippen molar-refractivity contribution in [3.05, 3.63) is 0 Å². The predicted octanol–water partition coefficient (Wildman–Crippen LogP) is 2.60. The average Bonchev–Trinajstić information content (AvgIpc) is 2.29. The Labute approximate surface area is 69.1 Å². The minimum atomic E-state index is 0.630. The number of ether oxygens (including phenoxy) is 1. The van der Waals surface area contributed by atoms with Crippen LogP contribution in [0.3, 0.4) is 0 Å². The van der Waals surface area contributed by atoms with Crippen LogP contribution < -0.4 is 0 Å². The molecule has 1 nitrogen and oxygen atoms in total. The van der Waals surface area contributed by atoms with Gasteiger partial charge in [-0.05, 0) is 24.7 Å². The maximum absolute atomic E-state index is 5.30. The van der Waals surface area contributed by atoms with Crippen molar-refractivity contribution in [1.82, 2.24) is 0 Å². The zero-order valence-corrected chi connectivity index (χ0v) is 7.65. The molecule has 1 spiro atoms. The molecule has 1 saturated carbocycles. The standard InChI is InChI=1S/C10H18O/c1-3-9(2)4-5-10(6-9)7-11-8-10/h3-8H2,1-2H3. The summed E-state index contributed by atoms with van der Waals surface area (Å²) in [6.07, 6.45) is 5.59. The largest absolute Gasteiger partial charge is 0.380 e. The van der Waals surface area contributed by atoms with Gasteiger partial charge < -0.3 is 4.74 Å². The minimum absolute atomic E-state index is 0.630. The Morgan fingerprint density at radius 2 is 2.00 bits per heavy atom. The normalized spacial score (nSPS) is 40.9. The van der Waals surface area contributed by atoms with E-state index in [0.29, 0.717) is 10.8 Å². The van der Waals surface area contributed by atoms with E-state index in [0.717, 1.165) is 13.2 Å². The van der Waals surface area contributed by atoms with Crippen molar-refractivity contribution >= 4 is 0 Å². The summed E-state index contributed by atoms with van der Waals surface area (Å²) < 4.78 is 5.30. The monoisotopic (exact) mass is 154 g/mol. The summed E-state index contributed by atoms with van der Waals surface area (Å²) in [5, 5.41) is 0. The fraction of sp³-hybridized carbons (Fsp3) is 1.00. The second-order valence-corrected chi connectivity index (χ2v) is 4.83. The van der Waals surface area contributed by atoms with Crippen LogP contribution in [0.15, 0.2) is 0 Å². The van der Waals surface area contributed by atoms with Gasteiger partial charge in [0.2, 0.25) is 0 Å². The third-order valence-electron chi connectivity index (χ3n) is 3.73. The third kappa shape index (κ3) is 1.10. The predicted molar refractivity (Wildman–Crippen MR) is 45.5 cm³/mol. The Morgan fingerprint density at radius 3 is 2.27 bits per heavy atom. The summed E-state index contributed by atoms with van der Waals surface area (Å²) in [4.78, 5) is 0. The molecular weight excluding hydrogens is 136 g/mol. The van der Waals surface area contributed by atoms with Crippen molar-refractivity contribution in [1.29, 1.82) is 0 Å². The topological polar surface area (TPSA) is 9.23 Å². The Kier molecular flexibility index (Phi) is 1.54. The highest BCUT2D eigenvalue weighted by Gasteiger charge is 2.49. The molecule has 64 valence electrons. The fourth-order valence-electron chi connectivity index (χ4n) is 2.59. The fourth-order valence-corrected chi connectivity index (χ4v) is 2.59. The summed E-state index contributed by atoms with van der Waals surface area (Å²) in [5.74, 6) is 0. The Balaban J connectivity index is 2.02. The van der Waals surface area contributed by atoms with Crippen LogP contribution in [0.2, 0.25) is 0 Å². The molecule has 1 aliphatic carbocycles. The van der Waals surface area contributed by atoms with Crippen LogP contribution in [0.5, 0.6) is 0 Å². The van der Waals surface area contributed by atoms with Crippen LogP contribution in [0.1, 0.15) is 39.5 Å². The van der Waals surface area contributed by atoms with Crippen molar-refractivity contribution in [2.24, 2.45) is 10.8 Å². The van der Waals surface area contributed by atoms with Crippen LogP contribution in [-0.4, -0.2) is 13.2 Å². The maximum Gasteiger partial charge on any atom is 0.0545 e. The highest BCUT2D eigenvalue weighted by Crippen LogP contribution is 2.54. The number of hydrogen-bond donors (Lipinski definition) is 0. The highest BCUT2D eigenvalue weighted by atomic mass is 16.5. The highest BCUT2D eigenvalue weighted by molar-refractivity contribution is 4.98. The lowest BCUT2D eigenvalue weighted by Crippen LogP contribution is -2.40. The maximum atomic E-state index is 5.30. The molecule has 0 aromatic rings. The summed E-state index contributed by atoms with van der Waals surface area (Å²) in [6, 6.07) is 0. The molecule has 1 unspecified atom stereocenters. The van der Waals surface area contributed by atoms with Crippen molar-refractivity contribution in [3.63, 3.8) is 0 Å². The lowest BCUT2D eigenvalue weighted by Gasteiger charge is -2.39. The van der Waals surface area contributed by atoms with Crippen molar-refractivity contribution < 1.29 is 4.74 Å². The molecule has 1 atom stereocenters. The van der Waals surface area contributed by atoms with Crippen LogP contribution >= 0.6 is 0 Å². The molecule has 0 radical (unpaired) electrons. The van der Waals surface area contributed by atoms with Gasteiger partial charge in [0, 0.05) is 5.41 Å². The molecule has 1 heteroatoms. The SMILES string of the molecule is CCC1(C)CCC2(COC2)C1. The van der Waals surface area contributed by atoms with Crippen LogP contribution in [-0.2, 0) is 4.74 Å². The molecule has 0 aromatic heterocycles. The molecule has 0 N–H and O–H groups in total. The van der Waals surface area contributed by atoms with E-state index in [9.17, 15) is 0 Å². The van der Waals surface area contributed by atoms with Crippen molar-refractivity contribution in [2.45, 2.75) is 39.5 Å². The van der Waals surface area contributed by atoms with Gasteiger partial charge >= 0.3 is 0 Å². The number of rotatable bonds is 1. The Bertz CT molecular complexity index is 151. The van der Waals surface area contributed by atoms with Gasteiger partial charge in [-0.1, -0.05) is 20.3 Å². The molecule has 1 heterocycles. The summed E-state index contributed by atoms with van der Waals surface area (Å²) in [7, 11) is 0. The quantitative estimate of drug-likeness (QED) is 0.564. The van der Waals surface area contributed by atoms with Gasteiger partial charge in [0.1, 0.15) is 0 Å². The van der Waals surface area contributed by atoms with Gasteiger partial charge in [-0.2, -0.15) is 0 Å². The first-order chi connectivity index (χ1) is 5.18. The van der Waals surface area contributed by atoms with Crippen molar-refractivity contribution in [3.8, 4) is 0 Å². The van der Waals surface area contributed by atoms with E-state index in [1.165, 1.54) is 25.7 Å². The molecule has 2 aliphatic rings. The number of hydrogen-bond acceptors (Lipinski definition) is 1. The minimum Gasteiger partial charge on any atom is -0.380 e. The molecular formula is C10H18O. The van der Waals surface area contributed by atoms with Crippen molar-refractivity contribution in [2.75, 3.05) is 13.2 Å². The van der Waals surface area contributed by atoms with E-state index >= 15 is 0 Å². The van der Waals surface area contributed by atoms with E-state index < -0.39 is 0 Å². The van der Waals surface area contributed by atoms with E-state index in [1.807, 2.05) is 0 Å². The zero-order chi connectivity index (χ0) is 7.95. The molecule has 0 bridgehead atoms. The second kappa shape index (κ2) is 2.22. The van der Waals surface area contributed by atoms with Crippen LogP contribution in [0.25, 0.3) is 0 Å². The summed E-state index contributed by atoms with van der Waals surface area (Å²) in [6.45, 7) is 6.84. The third-order valence-corrected chi connectivity index (χ3v) is 3.73. The van der Waals surface area contributed by atoms with E-state index in [-0.39, 0.29) is 0 Å². The smallest absolute Gasteiger partial charge is 0.0545 e. The van der Waals surface area contributed by atoms with Crippen LogP contribution in [0, 0.1) is 10.8 Å². The Hall–Kier alpha value is -0.0400. The van der Waals surface area contributed by atoms with Gasteiger partial charge in [0.15, 0.2) is 0 Å². The molecule has 0 aromatic carbocycles. The first kappa shape index (κ1) is 7.60. The first-order valence-corrected chi connectivity index (χ1v) is 4.76.